The van der Waals surface area contributed by atoms with Gasteiger partial charge in [-0.2, -0.15) is 0 Å². The van der Waals surface area contributed by atoms with Gasteiger partial charge in [-0.15, -0.1) is 0 Å². The molecule has 1 saturated heterocycles. The van der Waals surface area contributed by atoms with Gasteiger partial charge in [-0.05, 0) is 31.2 Å². The van der Waals surface area contributed by atoms with Gasteiger partial charge in [-0.3, -0.25) is 9.69 Å². The SMILES string of the molecule is CCOc1ccc(Nc2cnc(C(=O)NCCN3CCOCC3)cn2)cc1. The Hall–Kier alpha value is -2.71. The molecule has 1 aromatic carbocycles. The average molecular weight is 371 g/mol. The fourth-order valence-electron chi connectivity index (χ4n) is 2.70. The van der Waals surface area contributed by atoms with Crippen LogP contribution in [-0.4, -0.2) is 66.8 Å². The molecule has 1 aliphatic rings. The Morgan fingerprint density at radius 3 is 2.63 bits per heavy atom. The van der Waals surface area contributed by atoms with Crippen LogP contribution in [0.25, 0.3) is 0 Å². The lowest BCUT2D eigenvalue weighted by Crippen LogP contribution is -2.41. The number of morpholine rings is 1. The molecular weight excluding hydrogens is 346 g/mol. The largest absolute Gasteiger partial charge is 0.494 e. The first kappa shape index (κ1) is 19.1. The summed E-state index contributed by atoms with van der Waals surface area (Å²) >= 11 is 0. The van der Waals surface area contributed by atoms with Crippen LogP contribution in [0.1, 0.15) is 17.4 Å². The van der Waals surface area contributed by atoms with E-state index in [9.17, 15) is 4.79 Å². The van der Waals surface area contributed by atoms with Gasteiger partial charge in [0.2, 0.25) is 0 Å². The molecule has 2 aromatic rings. The zero-order chi connectivity index (χ0) is 18.9. The van der Waals surface area contributed by atoms with Crippen LogP contribution in [0.2, 0.25) is 0 Å². The number of anilines is 2. The Morgan fingerprint density at radius 1 is 1.19 bits per heavy atom. The molecule has 0 aliphatic carbocycles. The first-order valence-electron chi connectivity index (χ1n) is 9.15. The van der Waals surface area contributed by atoms with Gasteiger partial charge in [-0.1, -0.05) is 0 Å². The van der Waals surface area contributed by atoms with Crippen LogP contribution in [0.4, 0.5) is 11.5 Å². The summed E-state index contributed by atoms with van der Waals surface area (Å²) in [6, 6.07) is 7.57. The number of amides is 1. The zero-order valence-corrected chi connectivity index (χ0v) is 15.5. The lowest BCUT2D eigenvalue weighted by atomic mass is 10.3. The predicted octanol–water partition coefficient (Wildman–Crippen LogP) is 1.68. The third-order valence-electron chi connectivity index (χ3n) is 4.14. The summed E-state index contributed by atoms with van der Waals surface area (Å²) in [6.45, 7) is 7.27. The van der Waals surface area contributed by atoms with Crippen LogP contribution in [0.3, 0.4) is 0 Å². The van der Waals surface area contributed by atoms with Crippen molar-refractivity contribution in [3.05, 3.63) is 42.4 Å². The Labute approximate surface area is 158 Å². The van der Waals surface area contributed by atoms with Gasteiger partial charge in [0.25, 0.3) is 5.91 Å². The van der Waals surface area contributed by atoms with Gasteiger partial charge in [0.1, 0.15) is 17.3 Å². The van der Waals surface area contributed by atoms with Crippen LogP contribution in [0, 0.1) is 0 Å². The first-order valence-corrected chi connectivity index (χ1v) is 9.15. The molecule has 3 rings (SSSR count). The van der Waals surface area contributed by atoms with E-state index >= 15 is 0 Å². The number of rotatable bonds is 8. The molecule has 1 aromatic heterocycles. The van der Waals surface area contributed by atoms with Gasteiger partial charge in [0, 0.05) is 31.9 Å². The van der Waals surface area contributed by atoms with E-state index in [1.165, 1.54) is 6.20 Å². The zero-order valence-electron chi connectivity index (χ0n) is 15.5. The van der Waals surface area contributed by atoms with Crippen LogP contribution < -0.4 is 15.4 Å². The maximum Gasteiger partial charge on any atom is 0.271 e. The summed E-state index contributed by atoms with van der Waals surface area (Å²) in [5.74, 6) is 1.17. The number of hydrogen-bond donors (Lipinski definition) is 2. The second-order valence-electron chi connectivity index (χ2n) is 6.08. The molecule has 0 spiro atoms. The molecule has 2 heterocycles. The molecule has 27 heavy (non-hydrogen) atoms. The Balaban J connectivity index is 1.46. The number of benzene rings is 1. The molecular formula is C19H25N5O3. The molecule has 0 unspecified atom stereocenters. The molecule has 1 fully saturated rings. The molecule has 0 radical (unpaired) electrons. The monoisotopic (exact) mass is 371 g/mol. The predicted molar refractivity (Wildman–Crippen MR) is 103 cm³/mol. The van der Waals surface area contributed by atoms with Crippen molar-refractivity contribution < 1.29 is 14.3 Å². The summed E-state index contributed by atoms with van der Waals surface area (Å²) in [4.78, 5) is 22.9. The summed E-state index contributed by atoms with van der Waals surface area (Å²) < 4.78 is 10.7. The molecule has 1 aliphatic heterocycles. The smallest absolute Gasteiger partial charge is 0.271 e. The lowest BCUT2D eigenvalue weighted by molar-refractivity contribution is 0.0383. The van der Waals surface area contributed by atoms with E-state index in [-0.39, 0.29) is 5.91 Å². The summed E-state index contributed by atoms with van der Waals surface area (Å²) in [7, 11) is 0. The van der Waals surface area contributed by atoms with Gasteiger partial charge in [0.05, 0.1) is 32.2 Å². The third-order valence-corrected chi connectivity index (χ3v) is 4.14. The number of aromatic nitrogens is 2. The van der Waals surface area contributed by atoms with E-state index in [2.05, 4.69) is 25.5 Å². The lowest BCUT2D eigenvalue weighted by Gasteiger charge is -2.26. The molecule has 8 nitrogen and oxygen atoms in total. The first-order chi connectivity index (χ1) is 13.2. The molecule has 8 heteroatoms. The Bertz CT molecular complexity index is 715. The van der Waals surface area contributed by atoms with Crippen molar-refractivity contribution >= 4 is 17.4 Å². The number of nitrogens with one attached hydrogen (secondary N) is 2. The second kappa shape index (κ2) is 9.84. The van der Waals surface area contributed by atoms with Crippen LogP contribution in [0.5, 0.6) is 5.75 Å². The van der Waals surface area contributed by atoms with Crippen molar-refractivity contribution in [3.8, 4) is 5.75 Å². The summed E-state index contributed by atoms with van der Waals surface area (Å²) in [6.07, 6.45) is 3.02. The quantitative estimate of drug-likeness (QED) is 0.730. The van der Waals surface area contributed by atoms with Gasteiger partial charge in [0.15, 0.2) is 0 Å². The van der Waals surface area contributed by atoms with Crippen molar-refractivity contribution in [1.29, 1.82) is 0 Å². The van der Waals surface area contributed by atoms with E-state index in [4.69, 9.17) is 9.47 Å². The maximum atomic E-state index is 12.2. The molecule has 144 valence electrons. The van der Waals surface area contributed by atoms with Crippen molar-refractivity contribution in [2.75, 3.05) is 51.3 Å². The molecule has 1 amide bonds. The van der Waals surface area contributed by atoms with E-state index in [1.54, 1.807) is 6.20 Å². The highest BCUT2D eigenvalue weighted by Crippen LogP contribution is 2.18. The minimum Gasteiger partial charge on any atom is -0.494 e. The van der Waals surface area contributed by atoms with Gasteiger partial charge in [-0.25, -0.2) is 9.97 Å². The number of carbonyl (C=O) groups is 1. The minimum atomic E-state index is -0.219. The average Bonchev–Trinajstić information content (AvgIpc) is 2.71. The molecule has 0 atom stereocenters. The number of ether oxygens (including phenoxy) is 2. The highest BCUT2D eigenvalue weighted by Gasteiger charge is 2.12. The van der Waals surface area contributed by atoms with Crippen molar-refractivity contribution in [2.24, 2.45) is 0 Å². The Kier molecular flexibility index (Phi) is 6.95. The number of nitrogens with zero attached hydrogens (tertiary/aromatic N) is 3. The molecule has 2 N–H and O–H groups in total. The molecule has 0 saturated carbocycles. The maximum absolute atomic E-state index is 12.2. The summed E-state index contributed by atoms with van der Waals surface area (Å²) in [5, 5.41) is 6.02. The summed E-state index contributed by atoms with van der Waals surface area (Å²) in [5.41, 5.74) is 1.17. The van der Waals surface area contributed by atoms with Crippen LogP contribution in [-0.2, 0) is 4.74 Å². The van der Waals surface area contributed by atoms with Crippen LogP contribution >= 0.6 is 0 Å². The van der Waals surface area contributed by atoms with Crippen LogP contribution in [0.15, 0.2) is 36.7 Å². The Morgan fingerprint density at radius 2 is 1.96 bits per heavy atom. The van der Waals surface area contributed by atoms with Crippen molar-refractivity contribution in [1.82, 2.24) is 20.2 Å². The van der Waals surface area contributed by atoms with E-state index < -0.39 is 0 Å². The third kappa shape index (κ3) is 5.90. The van der Waals surface area contributed by atoms with Crippen molar-refractivity contribution in [2.45, 2.75) is 6.92 Å². The van der Waals surface area contributed by atoms with E-state index in [1.807, 2.05) is 31.2 Å². The fraction of sp³-hybridized carbons (Fsp3) is 0.421. The number of hydrogen-bond acceptors (Lipinski definition) is 7. The fourth-order valence-corrected chi connectivity index (χ4v) is 2.70. The normalized spacial score (nSPS) is 14.6. The van der Waals surface area contributed by atoms with Gasteiger partial charge < -0.3 is 20.1 Å². The topological polar surface area (TPSA) is 88.6 Å². The second-order valence-corrected chi connectivity index (χ2v) is 6.08. The standard InChI is InChI=1S/C19H25N5O3/c1-2-27-16-5-3-15(4-6-16)23-18-14-21-17(13-22-18)19(25)20-7-8-24-9-11-26-12-10-24/h3-6,13-14H,2,7-12H2,1H3,(H,20,25)(H,22,23). The molecule has 0 bridgehead atoms. The minimum absolute atomic E-state index is 0.219. The number of carbonyl (C=O) groups excluding carboxylic acids is 1. The highest BCUT2D eigenvalue weighted by atomic mass is 16.5. The highest BCUT2D eigenvalue weighted by molar-refractivity contribution is 5.92. The van der Waals surface area contributed by atoms with Crippen molar-refractivity contribution in [3.63, 3.8) is 0 Å². The van der Waals surface area contributed by atoms with E-state index in [0.29, 0.717) is 24.7 Å². The van der Waals surface area contributed by atoms with E-state index in [0.717, 1.165) is 44.3 Å². The van der Waals surface area contributed by atoms with Gasteiger partial charge >= 0.3 is 0 Å².